The molecule has 0 spiro atoms. The lowest BCUT2D eigenvalue weighted by Gasteiger charge is -2.42. The van der Waals surface area contributed by atoms with Crippen LogP contribution >= 0.6 is 24.6 Å². The number of aromatic nitrogens is 2. The number of halogens is 7. The predicted octanol–water partition coefficient (Wildman–Crippen LogP) is 5.55. The Morgan fingerprint density at radius 2 is 1.75 bits per heavy atom. The highest BCUT2D eigenvalue weighted by Gasteiger charge is 2.53. The summed E-state index contributed by atoms with van der Waals surface area (Å²) in [7, 11) is 0. The van der Waals surface area contributed by atoms with Crippen molar-refractivity contribution in [2.75, 3.05) is 42.9 Å². The molecule has 2 aromatic rings. The molecule has 0 radical (unpaired) electrons. The van der Waals surface area contributed by atoms with E-state index in [1.165, 1.54) is 24.4 Å². The fraction of sp³-hybridized carbons (Fsp3) is 0.579. The van der Waals surface area contributed by atoms with Crippen LogP contribution in [0.4, 0.5) is 37.7 Å². The summed E-state index contributed by atoms with van der Waals surface area (Å²) in [6.45, 7) is 3.40. The van der Waals surface area contributed by atoms with Gasteiger partial charge in [0.2, 0.25) is 17.7 Å². The van der Waals surface area contributed by atoms with Gasteiger partial charge in [-0.05, 0) is 102 Å². The van der Waals surface area contributed by atoms with Crippen LogP contribution in [0.3, 0.4) is 0 Å². The average molecular weight is 872 g/mol. The number of nitriles is 1. The van der Waals surface area contributed by atoms with E-state index in [4.69, 9.17) is 17.5 Å². The smallest absolute Gasteiger partial charge is 0.331 e. The van der Waals surface area contributed by atoms with E-state index in [0.717, 1.165) is 35.3 Å². The molecule has 320 valence electrons. The Bertz CT molecular complexity index is 1970. The topological polar surface area (TPSA) is 155 Å². The Morgan fingerprint density at radius 3 is 2.36 bits per heavy atom. The number of piperidine rings is 1. The van der Waals surface area contributed by atoms with Crippen molar-refractivity contribution in [3.05, 3.63) is 47.5 Å². The second kappa shape index (κ2) is 18.0. The van der Waals surface area contributed by atoms with Crippen molar-refractivity contribution in [1.82, 2.24) is 30.0 Å². The van der Waals surface area contributed by atoms with Gasteiger partial charge in [-0.1, -0.05) is 0 Å². The molecule has 4 amide bonds. The quantitative estimate of drug-likeness (QED) is 0.176. The van der Waals surface area contributed by atoms with Crippen molar-refractivity contribution >= 4 is 64.7 Å². The molecule has 1 unspecified atom stereocenters. The number of nitrogens with zero attached hydrogens (tertiary/aromatic N) is 7. The highest BCUT2D eigenvalue weighted by Crippen LogP contribution is 2.41. The summed E-state index contributed by atoms with van der Waals surface area (Å²) in [6, 6.07) is 3.20. The lowest BCUT2D eigenvalue weighted by Crippen LogP contribution is -2.60. The number of amides is 4. The highest BCUT2D eigenvalue weighted by molar-refractivity contribution is 7.80. The molecule has 5 heterocycles. The molecule has 0 aromatic carbocycles. The van der Waals surface area contributed by atoms with Gasteiger partial charge in [-0.3, -0.25) is 39.3 Å². The van der Waals surface area contributed by atoms with E-state index in [-0.39, 0.29) is 66.3 Å². The first-order valence-electron chi connectivity index (χ1n) is 19.1. The lowest BCUT2D eigenvalue weighted by atomic mass is 9.82. The number of alkyl halides is 6. The summed E-state index contributed by atoms with van der Waals surface area (Å²) in [4.78, 5) is 63.6. The summed E-state index contributed by atoms with van der Waals surface area (Å²) in [6.07, 6.45) is -2.29. The van der Waals surface area contributed by atoms with Gasteiger partial charge in [-0.2, -0.15) is 31.6 Å². The lowest BCUT2D eigenvalue weighted by molar-refractivity contribution is -0.197. The number of thiocarbonyl (C=S) groups is 1. The zero-order chi connectivity index (χ0) is 42.2. The van der Waals surface area contributed by atoms with Crippen LogP contribution in [0.2, 0.25) is 0 Å². The molecule has 2 N–H and O–H groups in total. The molecule has 4 aliphatic rings. The fourth-order valence-corrected chi connectivity index (χ4v) is 9.02. The summed E-state index contributed by atoms with van der Waals surface area (Å²) in [5.74, 6) is -2.28. The number of nitrogens with one attached hydrogen (secondary N) is 2. The fourth-order valence-electron chi connectivity index (χ4n) is 8.45. The molecule has 2 aromatic heterocycles. The van der Waals surface area contributed by atoms with E-state index in [2.05, 4.69) is 20.6 Å². The maximum absolute atomic E-state index is 14.3. The van der Waals surface area contributed by atoms with Gasteiger partial charge in [0, 0.05) is 32.1 Å². The van der Waals surface area contributed by atoms with Crippen LogP contribution in [0.25, 0.3) is 0 Å². The van der Waals surface area contributed by atoms with Crippen molar-refractivity contribution in [3.63, 3.8) is 0 Å². The predicted molar refractivity (Wildman–Crippen MR) is 208 cm³/mol. The number of pyridine rings is 2. The minimum atomic E-state index is -4.86. The van der Waals surface area contributed by atoms with Crippen molar-refractivity contribution in [3.8, 4) is 6.07 Å². The van der Waals surface area contributed by atoms with Gasteiger partial charge in [0.25, 0.3) is 5.91 Å². The van der Waals surface area contributed by atoms with Crippen molar-refractivity contribution in [2.45, 2.75) is 101 Å². The first-order valence-corrected chi connectivity index (χ1v) is 19.5. The van der Waals surface area contributed by atoms with E-state index >= 15 is 0 Å². The molecule has 13 nitrogen and oxygen atoms in total. The zero-order valence-electron chi connectivity index (χ0n) is 32.2. The van der Waals surface area contributed by atoms with Gasteiger partial charge in [0.05, 0.1) is 47.5 Å². The van der Waals surface area contributed by atoms with Gasteiger partial charge in [-0.25, -0.2) is 4.98 Å². The van der Waals surface area contributed by atoms with E-state index in [9.17, 15) is 45.5 Å². The molecule has 21 heteroatoms. The second-order valence-electron chi connectivity index (χ2n) is 15.7. The maximum atomic E-state index is 14.3. The van der Waals surface area contributed by atoms with Crippen LogP contribution < -0.4 is 15.5 Å². The van der Waals surface area contributed by atoms with E-state index in [1.54, 1.807) is 23.6 Å². The van der Waals surface area contributed by atoms with E-state index in [0.29, 0.717) is 50.5 Å². The van der Waals surface area contributed by atoms with Crippen LogP contribution in [0.5, 0.6) is 0 Å². The molecular weight excluding hydrogens is 828 g/mol. The monoisotopic (exact) mass is 871 g/mol. The Hall–Kier alpha value is -4.45. The van der Waals surface area contributed by atoms with Crippen LogP contribution in [-0.2, 0) is 25.4 Å². The molecular formula is C38H44ClF6N9O4S. The third-order valence-corrected chi connectivity index (χ3v) is 11.9. The van der Waals surface area contributed by atoms with Crippen molar-refractivity contribution in [1.29, 1.82) is 5.26 Å². The average Bonchev–Trinajstić information content (AvgIpc) is 3.33. The summed E-state index contributed by atoms with van der Waals surface area (Å²) >= 11 is 5.67. The Balaban J connectivity index is 0.00000661. The maximum Gasteiger partial charge on any atom is 0.419 e. The van der Waals surface area contributed by atoms with Crippen molar-refractivity contribution in [2.24, 2.45) is 5.92 Å². The second-order valence-corrected chi connectivity index (χ2v) is 16.1. The Labute approximate surface area is 348 Å². The summed E-state index contributed by atoms with van der Waals surface area (Å²) in [5.41, 5.74) is -2.70. The number of rotatable bonds is 10. The van der Waals surface area contributed by atoms with Crippen LogP contribution in [0.15, 0.2) is 30.6 Å². The van der Waals surface area contributed by atoms with Crippen LogP contribution in [0.1, 0.15) is 88.1 Å². The molecule has 4 fully saturated rings. The molecule has 3 aliphatic heterocycles. The number of carbonyl (C=O) groups excluding carboxylic acids is 4. The standard InChI is InChI=1S/C38H43F6N9O4S.ClH/c1-36(2)34(57)52(25-16-27(37(39,40)41)29(17-45)47-19-25)35(58)53(36)24-8-5-22(6-9-24)4-3-13-50-14-15-51(30(20-50)38(42,43)44)21-32(55)48-23-7-11-28(46-18-23)26-10-12-31(54)49-33(26)56;/h7,11,16,18-19,22,24,26,30H,3-6,8-10,12-15,20-21H2,1-2H3,(H,48,55)(H,49,54,56);1H/t22?,24?,26?,30-;/m1./s1. The summed E-state index contributed by atoms with van der Waals surface area (Å²) in [5, 5.41) is 14.0. The minimum Gasteiger partial charge on any atom is -0.331 e. The van der Waals surface area contributed by atoms with Crippen LogP contribution in [0, 0.1) is 17.2 Å². The van der Waals surface area contributed by atoms with Crippen LogP contribution in [-0.4, -0.2) is 110 Å². The number of carbonyl (C=O) groups is 4. The molecule has 1 aliphatic carbocycles. The zero-order valence-corrected chi connectivity index (χ0v) is 33.9. The molecule has 2 atom stereocenters. The number of hydrogen-bond acceptors (Lipinski definition) is 10. The van der Waals surface area contributed by atoms with Gasteiger partial charge >= 0.3 is 12.4 Å². The largest absolute Gasteiger partial charge is 0.419 e. The molecule has 59 heavy (non-hydrogen) atoms. The molecule has 1 saturated carbocycles. The molecule has 0 bridgehead atoms. The van der Waals surface area contributed by atoms with E-state index < -0.39 is 65.4 Å². The van der Waals surface area contributed by atoms with E-state index in [1.807, 2.05) is 0 Å². The minimum absolute atomic E-state index is 0. The number of anilines is 2. The number of imide groups is 1. The van der Waals surface area contributed by atoms with Gasteiger partial charge in [0.1, 0.15) is 17.6 Å². The Morgan fingerprint density at radius 1 is 1.03 bits per heavy atom. The normalized spacial score (nSPS) is 24.4. The number of hydrogen-bond donors (Lipinski definition) is 2. The third-order valence-electron chi connectivity index (χ3n) is 11.5. The third kappa shape index (κ3) is 10.1. The Kier molecular flexibility index (Phi) is 13.9. The molecule has 6 rings (SSSR count). The first-order chi connectivity index (χ1) is 27.3. The van der Waals surface area contributed by atoms with Gasteiger partial charge < -0.3 is 15.1 Å². The summed E-state index contributed by atoms with van der Waals surface area (Å²) < 4.78 is 83.8. The van der Waals surface area contributed by atoms with Gasteiger partial charge in [-0.15, -0.1) is 12.4 Å². The highest BCUT2D eigenvalue weighted by atomic mass is 35.5. The first kappa shape index (κ1) is 45.6. The number of piperazine rings is 1. The van der Waals surface area contributed by atoms with Crippen molar-refractivity contribution < 1.29 is 45.5 Å². The van der Waals surface area contributed by atoms with Gasteiger partial charge in [0.15, 0.2) is 10.8 Å². The molecule has 3 saturated heterocycles. The SMILES string of the molecule is CC1(C)C(=O)N(c2cnc(C#N)c(C(F)(F)F)c2)C(=S)N1C1CCC(CCCN2CCN(CC(=O)Nc3ccc(C4CCC(=O)NC4=O)nc3)[C@@H](C(F)(F)F)C2)CC1.Cl.